The van der Waals surface area contributed by atoms with Gasteiger partial charge in [0.25, 0.3) is 0 Å². The van der Waals surface area contributed by atoms with Gasteiger partial charge in [-0.15, -0.1) is 0 Å². The van der Waals surface area contributed by atoms with Gasteiger partial charge in [0, 0.05) is 23.1 Å². The molecule has 0 aliphatic heterocycles. The van der Waals surface area contributed by atoms with E-state index in [2.05, 4.69) is 70.4 Å². The molecule has 0 radical (unpaired) electrons. The zero-order valence-corrected chi connectivity index (χ0v) is 14.9. The van der Waals surface area contributed by atoms with Crippen molar-refractivity contribution in [2.75, 3.05) is 19.0 Å². The lowest BCUT2D eigenvalue weighted by atomic mass is 10.1. The molecule has 21 heavy (non-hydrogen) atoms. The van der Waals surface area contributed by atoms with Crippen LogP contribution in [0.3, 0.4) is 0 Å². The number of anilines is 1. The van der Waals surface area contributed by atoms with Gasteiger partial charge in [-0.2, -0.15) is 0 Å². The molecule has 2 aromatic rings. The maximum atomic E-state index is 5.96. The van der Waals surface area contributed by atoms with Gasteiger partial charge in [-0.1, -0.05) is 29.8 Å². The van der Waals surface area contributed by atoms with E-state index >= 15 is 0 Å². The van der Waals surface area contributed by atoms with E-state index in [1.807, 2.05) is 19.2 Å². The molecule has 0 amide bonds. The van der Waals surface area contributed by atoms with Crippen LogP contribution in [0.1, 0.15) is 24.1 Å². The van der Waals surface area contributed by atoms with Gasteiger partial charge < -0.3 is 10.2 Å². The van der Waals surface area contributed by atoms with Crippen molar-refractivity contribution < 1.29 is 0 Å². The van der Waals surface area contributed by atoms with Crippen molar-refractivity contribution in [1.82, 2.24) is 5.32 Å². The van der Waals surface area contributed by atoms with Crippen LogP contribution in [-0.4, -0.2) is 14.1 Å². The maximum Gasteiger partial charge on any atom is 0.0513 e. The van der Waals surface area contributed by atoms with Crippen molar-refractivity contribution >= 4 is 33.2 Å². The number of hydrogen-bond acceptors (Lipinski definition) is 2. The number of rotatable bonds is 5. The van der Waals surface area contributed by atoms with E-state index in [0.29, 0.717) is 0 Å². The maximum absolute atomic E-state index is 5.96. The molecule has 0 saturated heterocycles. The van der Waals surface area contributed by atoms with Gasteiger partial charge in [0.15, 0.2) is 0 Å². The normalized spacial score (nSPS) is 12.2. The predicted octanol–water partition coefficient (Wildman–Crippen LogP) is 5.02. The van der Waals surface area contributed by atoms with Crippen LogP contribution in [-0.2, 0) is 6.54 Å². The highest BCUT2D eigenvalue weighted by molar-refractivity contribution is 9.10. The van der Waals surface area contributed by atoms with Gasteiger partial charge in [0.2, 0.25) is 0 Å². The predicted molar refractivity (Wildman–Crippen MR) is 95.2 cm³/mol. The summed E-state index contributed by atoms with van der Waals surface area (Å²) in [6.07, 6.45) is 0. The third-order valence-corrected chi connectivity index (χ3v) is 4.59. The Labute approximate surface area is 140 Å². The largest absolute Gasteiger partial charge is 0.367 e. The summed E-state index contributed by atoms with van der Waals surface area (Å²) >= 11 is 9.64. The summed E-state index contributed by atoms with van der Waals surface area (Å²) in [4.78, 5) is 2.26. The molecule has 0 aromatic heterocycles. The smallest absolute Gasteiger partial charge is 0.0513 e. The van der Waals surface area contributed by atoms with Crippen LogP contribution >= 0.6 is 27.5 Å². The first kappa shape index (κ1) is 16.3. The summed E-state index contributed by atoms with van der Waals surface area (Å²) < 4.78 is 1.11. The molecule has 1 atom stereocenters. The van der Waals surface area contributed by atoms with Crippen LogP contribution in [0.5, 0.6) is 0 Å². The summed E-state index contributed by atoms with van der Waals surface area (Å²) in [7, 11) is 4.06. The third kappa shape index (κ3) is 4.00. The van der Waals surface area contributed by atoms with Crippen molar-refractivity contribution in [1.29, 1.82) is 0 Å². The van der Waals surface area contributed by atoms with Crippen LogP contribution in [0.4, 0.5) is 5.69 Å². The van der Waals surface area contributed by atoms with Crippen LogP contribution in [0.25, 0.3) is 0 Å². The Hall–Kier alpha value is -1.03. The minimum Gasteiger partial charge on any atom is -0.367 e. The molecule has 1 N–H and O–H groups in total. The molecule has 0 aliphatic rings. The van der Waals surface area contributed by atoms with Gasteiger partial charge in [-0.3, -0.25) is 0 Å². The van der Waals surface area contributed by atoms with E-state index < -0.39 is 0 Å². The SMILES string of the molecule is CNCc1ccc(N(C)C(C)c2ccc(Cl)cc2)c(Br)c1. The second kappa shape index (κ2) is 7.30. The average molecular weight is 368 g/mol. The monoisotopic (exact) mass is 366 g/mol. The van der Waals surface area contributed by atoms with E-state index in [9.17, 15) is 0 Å². The van der Waals surface area contributed by atoms with E-state index in [4.69, 9.17) is 11.6 Å². The Bertz CT molecular complexity index is 598. The summed E-state index contributed by atoms with van der Waals surface area (Å²) in [5.41, 5.74) is 3.69. The Balaban J connectivity index is 2.22. The number of hydrogen-bond donors (Lipinski definition) is 1. The molecule has 2 aromatic carbocycles. The zero-order chi connectivity index (χ0) is 15.4. The number of nitrogens with one attached hydrogen (secondary N) is 1. The number of benzene rings is 2. The van der Waals surface area contributed by atoms with Gasteiger partial charge in [-0.25, -0.2) is 0 Å². The van der Waals surface area contributed by atoms with Gasteiger partial charge in [0.1, 0.15) is 0 Å². The lowest BCUT2D eigenvalue weighted by molar-refractivity contribution is 0.737. The summed E-state index contributed by atoms with van der Waals surface area (Å²) in [5, 5.41) is 3.94. The van der Waals surface area contributed by atoms with Gasteiger partial charge in [-0.05, 0) is 65.3 Å². The van der Waals surface area contributed by atoms with E-state index in [1.54, 1.807) is 0 Å². The first-order chi connectivity index (χ1) is 10.0. The highest BCUT2D eigenvalue weighted by atomic mass is 79.9. The summed E-state index contributed by atoms with van der Waals surface area (Å²) in [5.74, 6) is 0. The molecule has 1 unspecified atom stereocenters. The lowest BCUT2D eigenvalue weighted by Gasteiger charge is -2.28. The van der Waals surface area contributed by atoms with Crippen molar-refractivity contribution in [3.63, 3.8) is 0 Å². The Morgan fingerprint density at radius 2 is 1.86 bits per heavy atom. The molecule has 0 spiro atoms. The van der Waals surface area contributed by atoms with Crippen molar-refractivity contribution in [2.24, 2.45) is 0 Å². The number of halogens is 2. The van der Waals surface area contributed by atoms with Crippen molar-refractivity contribution in [2.45, 2.75) is 19.5 Å². The molecular weight excluding hydrogens is 348 g/mol. The summed E-state index contributed by atoms with van der Waals surface area (Å²) in [6.45, 7) is 3.06. The molecule has 0 saturated carbocycles. The van der Waals surface area contributed by atoms with Crippen LogP contribution in [0.2, 0.25) is 5.02 Å². The van der Waals surface area contributed by atoms with Gasteiger partial charge in [0.05, 0.1) is 11.7 Å². The highest BCUT2D eigenvalue weighted by Crippen LogP contribution is 2.32. The molecule has 112 valence electrons. The highest BCUT2D eigenvalue weighted by Gasteiger charge is 2.14. The minimum absolute atomic E-state index is 0.272. The lowest BCUT2D eigenvalue weighted by Crippen LogP contribution is -2.22. The fourth-order valence-corrected chi connectivity index (χ4v) is 3.16. The fourth-order valence-electron chi connectivity index (χ4n) is 2.32. The Morgan fingerprint density at radius 1 is 1.19 bits per heavy atom. The standard InChI is InChI=1S/C17H20BrClN2/c1-12(14-5-7-15(19)8-6-14)21(3)17-9-4-13(11-20-2)10-16(17)18/h4-10,12,20H,11H2,1-3H3. The molecule has 0 heterocycles. The first-order valence-corrected chi connectivity index (χ1v) is 8.11. The van der Waals surface area contributed by atoms with Crippen molar-refractivity contribution in [3.05, 3.63) is 63.1 Å². The summed E-state index contributed by atoms with van der Waals surface area (Å²) in [6, 6.07) is 14.8. The Morgan fingerprint density at radius 3 is 2.43 bits per heavy atom. The second-order valence-electron chi connectivity index (χ2n) is 5.15. The molecule has 0 aliphatic carbocycles. The molecule has 2 nitrogen and oxygen atoms in total. The Kier molecular flexibility index (Phi) is 5.68. The van der Waals surface area contributed by atoms with E-state index in [0.717, 1.165) is 16.0 Å². The second-order valence-corrected chi connectivity index (χ2v) is 6.45. The van der Waals surface area contributed by atoms with Crippen LogP contribution in [0, 0.1) is 0 Å². The van der Waals surface area contributed by atoms with E-state index in [1.165, 1.54) is 16.8 Å². The van der Waals surface area contributed by atoms with Crippen LogP contribution in [0.15, 0.2) is 46.9 Å². The van der Waals surface area contributed by atoms with E-state index in [-0.39, 0.29) is 6.04 Å². The average Bonchev–Trinajstić information content (AvgIpc) is 2.47. The molecular formula is C17H20BrClN2. The molecule has 0 fully saturated rings. The fraction of sp³-hybridized carbons (Fsp3) is 0.294. The number of nitrogens with zero attached hydrogens (tertiary/aromatic N) is 1. The molecule has 4 heteroatoms. The van der Waals surface area contributed by atoms with Gasteiger partial charge >= 0.3 is 0 Å². The zero-order valence-electron chi connectivity index (χ0n) is 12.5. The topological polar surface area (TPSA) is 15.3 Å². The quantitative estimate of drug-likeness (QED) is 0.798. The molecule has 0 bridgehead atoms. The first-order valence-electron chi connectivity index (χ1n) is 6.94. The minimum atomic E-state index is 0.272. The van der Waals surface area contributed by atoms with Crippen molar-refractivity contribution in [3.8, 4) is 0 Å². The van der Waals surface area contributed by atoms with Crippen LogP contribution < -0.4 is 10.2 Å². The third-order valence-electron chi connectivity index (χ3n) is 3.71. The molecule has 2 rings (SSSR count).